The van der Waals surface area contributed by atoms with E-state index in [4.69, 9.17) is 4.74 Å². The third kappa shape index (κ3) is 3.97. The first-order valence-corrected chi connectivity index (χ1v) is 8.07. The van der Waals surface area contributed by atoms with Crippen molar-refractivity contribution in [1.29, 1.82) is 0 Å². The third-order valence-corrected chi connectivity index (χ3v) is 3.85. The molecule has 0 heterocycles. The van der Waals surface area contributed by atoms with Crippen LogP contribution in [0.4, 0.5) is 0 Å². The topological polar surface area (TPSA) is 46.5 Å². The third-order valence-electron chi connectivity index (χ3n) is 3.85. The molecule has 0 saturated carbocycles. The van der Waals surface area contributed by atoms with Crippen LogP contribution in [-0.4, -0.2) is 18.2 Å². The molecule has 3 nitrogen and oxygen atoms in total. The van der Waals surface area contributed by atoms with E-state index in [1.807, 2.05) is 37.3 Å². The van der Waals surface area contributed by atoms with Gasteiger partial charge in [-0.2, -0.15) is 0 Å². The first kappa shape index (κ1) is 17.6. The van der Waals surface area contributed by atoms with Crippen LogP contribution in [0, 0.1) is 18.8 Å². The van der Waals surface area contributed by atoms with Gasteiger partial charge in [-0.3, -0.25) is 0 Å². The number of rotatable bonds is 5. The first-order chi connectivity index (χ1) is 11.6. The Kier molecular flexibility index (Phi) is 6.03. The van der Waals surface area contributed by atoms with Gasteiger partial charge in [0.25, 0.3) is 0 Å². The summed E-state index contributed by atoms with van der Waals surface area (Å²) in [4.78, 5) is 11.6. The maximum absolute atomic E-state index is 11.6. The van der Waals surface area contributed by atoms with Gasteiger partial charge in [-0.05, 0) is 41.8 Å². The minimum absolute atomic E-state index is 0.150. The lowest BCUT2D eigenvalue weighted by atomic mass is 9.93. The molecular weight excluding hydrogens is 300 g/mol. The number of hydrogen-bond acceptors (Lipinski definition) is 2. The summed E-state index contributed by atoms with van der Waals surface area (Å²) in [5, 5.41) is 11.4. The molecule has 0 amide bonds. The highest BCUT2D eigenvalue weighted by Crippen LogP contribution is 2.29. The summed E-state index contributed by atoms with van der Waals surface area (Å²) >= 11 is 0. The maximum Gasteiger partial charge on any atom is 0.339 e. The van der Waals surface area contributed by atoms with E-state index >= 15 is 0 Å². The fraction of sp³-hybridized carbons (Fsp3) is 0.286. The summed E-state index contributed by atoms with van der Waals surface area (Å²) < 4.78 is 4.97. The van der Waals surface area contributed by atoms with Crippen LogP contribution in [0.5, 0.6) is 0 Å². The number of benzene rings is 2. The van der Waals surface area contributed by atoms with Crippen molar-refractivity contribution in [1.82, 2.24) is 0 Å². The highest BCUT2D eigenvalue weighted by molar-refractivity contribution is 6.19. The number of unbranched alkanes of at least 4 members (excludes halogenated alkanes) is 2. The zero-order valence-corrected chi connectivity index (χ0v) is 14.3. The van der Waals surface area contributed by atoms with Gasteiger partial charge in [0, 0.05) is 17.5 Å². The van der Waals surface area contributed by atoms with Crippen molar-refractivity contribution in [3.8, 4) is 11.8 Å². The highest BCUT2D eigenvalue weighted by Gasteiger charge is 2.17. The summed E-state index contributed by atoms with van der Waals surface area (Å²) in [6, 6.07) is 9.84. The van der Waals surface area contributed by atoms with E-state index in [1.54, 1.807) is 0 Å². The zero-order valence-electron chi connectivity index (χ0n) is 14.3. The second-order valence-corrected chi connectivity index (χ2v) is 5.67. The number of aryl methyl sites for hydroxylation is 1. The van der Waals surface area contributed by atoms with Gasteiger partial charge in [-0.1, -0.05) is 43.4 Å². The molecule has 0 bridgehead atoms. The molecule has 1 N–H and O–H groups in total. The Morgan fingerprint density at radius 2 is 2.04 bits per heavy atom. The van der Waals surface area contributed by atoms with Crippen LogP contribution < -0.4 is 0 Å². The minimum Gasteiger partial charge on any atom is -0.503 e. The summed E-state index contributed by atoms with van der Waals surface area (Å²) in [5.41, 5.74) is 2.62. The number of ether oxygens (including phenoxy) is 1. The Morgan fingerprint density at radius 3 is 2.71 bits per heavy atom. The molecule has 0 aliphatic rings. The van der Waals surface area contributed by atoms with Crippen LogP contribution >= 0.6 is 0 Å². The van der Waals surface area contributed by atoms with Gasteiger partial charge in [-0.15, -0.1) is 0 Å². The van der Waals surface area contributed by atoms with Crippen molar-refractivity contribution < 1.29 is 14.6 Å². The molecule has 0 fully saturated rings. The molecule has 3 heteroatoms. The van der Waals surface area contributed by atoms with Crippen LogP contribution in [0.3, 0.4) is 0 Å². The Balaban J connectivity index is 2.60. The summed E-state index contributed by atoms with van der Waals surface area (Å²) in [6.45, 7) is 4.04. The van der Waals surface area contributed by atoms with Crippen LogP contribution in [0.25, 0.3) is 16.3 Å². The molecule has 0 aliphatic heterocycles. The van der Waals surface area contributed by atoms with Gasteiger partial charge < -0.3 is 9.84 Å². The Morgan fingerprint density at radius 1 is 1.29 bits per heavy atom. The van der Waals surface area contributed by atoms with Gasteiger partial charge in [0.1, 0.15) is 5.57 Å². The fourth-order valence-electron chi connectivity index (χ4n) is 2.63. The molecule has 124 valence electrons. The number of hydrogen-bond donors (Lipinski definition) is 1. The predicted octanol–water partition coefficient (Wildman–Crippen LogP) is 4.76. The Hall–Kier alpha value is -2.73. The van der Waals surface area contributed by atoms with Crippen molar-refractivity contribution >= 4 is 22.3 Å². The molecule has 0 radical (unpaired) electrons. The quantitative estimate of drug-likeness (QED) is 0.373. The molecule has 0 aromatic heterocycles. The van der Waals surface area contributed by atoms with Gasteiger partial charge in [0.2, 0.25) is 0 Å². The van der Waals surface area contributed by atoms with E-state index in [1.165, 1.54) is 13.4 Å². The summed E-state index contributed by atoms with van der Waals surface area (Å²) in [7, 11) is 1.45. The monoisotopic (exact) mass is 322 g/mol. The largest absolute Gasteiger partial charge is 0.503 e. The predicted molar refractivity (Wildman–Crippen MR) is 97.7 cm³/mol. The van der Waals surface area contributed by atoms with Crippen molar-refractivity contribution in [2.75, 3.05) is 7.11 Å². The standard InChI is InChI=1S/C21H22O3/c1-4-5-6-7-8-16-10-12-17-11-9-15(2)20(18(17)13-16)19(14-24-3)21(22)23/h9-14H,4-6H2,1-3H3,(H,22,23). The lowest BCUT2D eigenvalue weighted by Gasteiger charge is -2.11. The van der Waals surface area contributed by atoms with Crippen LogP contribution in [0.2, 0.25) is 0 Å². The lowest BCUT2D eigenvalue weighted by molar-refractivity contribution is -0.130. The minimum atomic E-state index is -1.01. The van der Waals surface area contributed by atoms with Crippen LogP contribution in [0.1, 0.15) is 42.9 Å². The van der Waals surface area contributed by atoms with E-state index in [-0.39, 0.29) is 5.57 Å². The van der Waals surface area contributed by atoms with Crippen molar-refractivity contribution in [3.63, 3.8) is 0 Å². The Bertz CT molecular complexity index is 835. The first-order valence-electron chi connectivity index (χ1n) is 8.07. The van der Waals surface area contributed by atoms with E-state index in [9.17, 15) is 9.90 Å². The highest BCUT2D eigenvalue weighted by atomic mass is 16.5. The average Bonchev–Trinajstić information content (AvgIpc) is 2.57. The number of carboxylic acids is 1. The number of carbonyl (C=O) groups is 1. The van der Waals surface area contributed by atoms with Crippen molar-refractivity contribution in [2.24, 2.45) is 0 Å². The second kappa shape index (κ2) is 8.21. The van der Waals surface area contributed by atoms with Gasteiger partial charge in [0.15, 0.2) is 0 Å². The van der Waals surface area contributed by atoms with Crippen LogP contribution in [0.15, 0.2) is 36.6 Å². The Labute approximate surface area is 143 Å². The number of methoxy groups -OCH3 is 1. The van der Waals surface area contributed by atoms with E-state index in [0.717, 1.165) is 41.2 Å². The molecular formula is C21H22O3. The zero-order chi connectivity index (χ0) is 17.5. The molecule has 0 aliphatic carbocycles. The number of carboxylic acid groups (broad SMARTS) is 1. The molecule has 0 unspecified atom stereocenters. The molecule has 2 aromatic carbocycles. The van der Waals surface area contributed by atoms with Gasteiger partial charge in [0.05, 0.1) is 13.4 Å². The fourth-order valence-corrected chi connectivity index (χ4v) is 2.63. The van der Waals surface area contributed by atoms with E-state index in [2.05, 4.69) is 18.8 Å². The number of aliphatic carboxylic acids is 1. The smallest absolute Gasteiger partial charge is 0.339 e. The van der Waals surface area contributed by atoms with Crippen molar-refractivity contribution in [3.05, 3.63) is 53.3 Å². The summed E-state index contributed by atoms with van der Waals surface area (Å²) in [5.74, 6) is 5.34. The maximum atomic E-state index is 11.6. The van der Waals surface area contributed by atoms with Crippen molar-refractivity contribution in [2.45, 2.75) is 33.1 Å². The molecule has 2 rings (SSSR count). The lowest BCUT2D eigenvalue weighted by Crippen LogP contribution is -2.03. The van der Waals surface area contributed by atoms with Gasteiger partial charge >= 0.3 is 5.97 Å². The van der Waals surface area contributed by atoms with E-state index in [0.29, 0.717) is 5.56 Å². The second-order valence-electron chi connectivity index (χ2n) is 5.67. The average molecular weight is 322 g/mol. The van der Waals surface area contributed by atoms with Crippen LogP contribution in [-0.2, 0) is 9.53 Å². The number of fused-ring (bicyclic) bond motifs is 1. The van der Waals surface area contributed by atoms with Gasteiger partial charge in [-0.25, -0.2) is 4.79 Å². The normalized spacial score (nSPS) is 11.0. The SMILES string of the molecule is CCCCC#Cc1ccc2ccc(C)c(C(=COC)C(=O)O)c2c1. The summed E-state index contributed by atoms with van der Waals surface area (Å²) in [6.07, 6.45) is 4.37. The molecule has 24 heavy (non-hydrogen) atoms. The molecule has 0 saturated heterocycles. The molecule has 0 atom stereocenters. The molecule has 0 spiro atoms. The van der Waals surface area contributed by atoms with E-state index < -0.39 is 5.97 Å². The molecule has 2 aromatic rings.